The van der Waals surface area contributed by atoms with Gasteiger partial charge in [0.15, 0.2) is 22.6 Å². The van der Waals surface area contributed by atoms with Gasteiger partial charge in [-0.3, -0.25) is 0 Å². The Morgan fingerprint density at radius 2 is 1.83 bits per heavy atom. The molecule has 0 bridgehead atoms. The normalized spacial score (nSPS) is 11.2. The molecule has 8 nitrogen and oxygen atoms in total. The zero-order chi connectivity index (χ0) is 20.9. The maximum absolute atomic E-state index is 5.29. The summed E-state index contributed by atoms with van der Waals surface area (Å²) in [4.78, 5) is 6.69. The Kier molecular flexibility index (Phi) is 6.18. The van der Waals surface area contributed by atoms with Gasteiger partial charge >= 0.3 is 0 Å². The first kappa shape index (κ1) is 20.2. The largest absolute Gasteiger partial charge is 0.459 e. The van der Waals surface area contributed by atoms with Crippen molar-refractivity contribution in [3.05, 3.63) is 48.5 Å². The fourth-order valence-corrected chi connectivity index (χ4v) is 4.09. The van der Waals surface area contributed by atoms with Crippen LogP contribution in [0, 0.1) is 0 Å². The van der Waals surface area contributed by atoms with Crippen molar-refractivity contribution in [3.8, 4) is 23.0 Å². The molecule has 0 aliphatic carbocycles. The Morgan fingerprint density at radius 3 is 2.50 bits per heavy atom. The summed E-state index contributed by atoms with van der Waals surface area (Å²) in [6.45, 7) is 9.15. The fraction of sp³-hybridized carbons (Fsp3) is 0.333. The monoisotopic (exact) mass is 424 g/mol. The van der Waals surface area contributed by atoms with Crippen LogP contribution in [0.5, 0.6) is 0 Å². The molecule has 0 atom stereocenters. The van der Waals surface area contributed by atoms with Crippen molar-refractivity contribution in [2.24, 2.45) is 0 Å². The minimum Gasteiger partial charge on any atom is -0.459 e. The lowest BCUT2D eigenvalue weighted by Gasteiger charge is -2.21. The highest BCUT2D eigenvalue weighted by Crippen LogP contribution is 2.28. The van der Waals surface area contributed by atoms with E-state index in [-0.39, 0.29) is 0 Å². The Morgan fingerprint density at radius 1 is 1.03 bits per heavy atom. The van der Waals surface area contributed by atoms with E-state index < -0.39 is 0 Å². The van der Waals surface area contributed by atoms with Gasteiger partial charge in [0.25, 0.3) is 5.89 Å². The van der Waals surface area contributed by atoms with Crippen LogP contribution in [0.2, 0.25) is 0 Å². The van der Waals surface area contributed by atoms with Gasteiger partial charge < -0.3 is 18.4 Å². The minimum atomic E-state index is 0.376. The Balaban J connectivity index is 1.48. The third-order valence-corrected chi connectivity index (χ3v) is 5.78. The van der Waals surface area contributed by atoms with Crippen LogP contribution in [-0.2, 0) is 12.3 Å². The van der Waals surface area contributed by atoms with Gasteiger partial charge in [-0.2, -0.15) is 4.98 Å². The van der Waals surface area contributed by atoms with E-state index in [1.165, 1.54) is 17.4 Å². The van der Waals surface area contributed by atoms with Crippen LogP contribution >= 0.6 is 11.8 Å². The van der Waals surface area contributed by atoms with Crippen LogP contribution in [0.15, 0.2) is 56.8 Å². The van der Waals surface area contributed by atoms with Crippen molar-refractivity contribution >= 4 is 17.4 Å². The van der Waals surface area contributed by atoms with E-state index in [1.807, 2.05) is 0 Å². The van der Waals surface area contributed by atoms with Gasteiger partial charge in [0, 0.05) is 30.9 Å². The van der Waals surface area contributed by atoms with Crippen molar-refractivity contribution in [2.45, 2.75) is 38.2 Å². The van der Waals surface area contributed by atoms with Crippen molar-refractivity contribution in [2.75, 3.05) is 18.0 Å². The quantitative estimate of drug-likeness (QED) is 0.356. The summed E-state index contributed by atoms with van der Waals surface area (Å²) in [5.74, 6) is 2.91. The fourth-order valence-electron chi connectivity index (χ4n) is 3.25. The molecule has 4 rings (SSSR count). The molecule has 0 saturated heterocycles. The highest BCUT2D eigenvalue weighted by Gasteiger charge is 2.16. The lowest BCUT2D eigenvalue weighted by molar-refractivity contribution is 0.411. The number of benzene rings is 1. The van der Waals surface area contributed by atoms with Crippen molar-refractivity contribution in [1.82, 2.24) is 24.9 Å². The molecule has 9 heteroatoms. The van der Waals surface area contributed by atoms with Crippen molar-refractivity contribution in [3.63, 3.8) is 0 Å². The van der Waals surface area contributed by atoms with E-state index in [2.05, 4.69) is 74.8 Å². The Bertz CT molecular complexity index is 1070. The number of hydrogen-bond donors (Lipinski definition) is 0. The van der Waals surface area contributed by atoms with E-state index in [0.29, 0.717) is 23.2 Å². The summed E-state index contributed by atoms with van der Waals surface area (Å²) in [5, 5.41) is 13.7. The van der Waals surface area contributed by atoms with Gasteiger partial charge in [0.2, 0.25) is 0 Å². The molecule has 1 aromatic carbocycles. The number of thioether (sulfide) groups is 1. The van der Waals surface area contributed by atoms with Crippen LogP contribution in [0.1, 0.15) is 26.6 Å². The van der Waals surface area contributed by atoms with E-state index in [9.17, 15) is 0 Å². The summed E-state index contributed by atoms with van der Waals surface area (Å²) in [7, 11) is 0. The Hall–Kier alpha value is -3.07. The minimum absolute atomic E-state index is 0.376. The zero-order valence-corrected chi connectivity index (χ0v) is 18.1. The van der Waals surface area contributed by atoms with E-state index >= 15 is 0 Å². The van der Waals surface area contributed by atoms with Crippen LogP contribution in [0.25, 0.3) is 23.0 Å². The van der Waals surface area contributed by atoms with Gasteiger partial charge in [-0.15, -0.1) is 10.2 Å². The zero-order valence-electron chi connectivity index (χ0n) is 17.3. The highest BCUT2D eigenvalue weighted by molar-refractivity contribution is 7.98. The third-order valence-electron chi connectivity index (χ3n) is 4.82. The molecule has 0 spiro atoms. The molecule has 0 unspecified atom stereocenters. The standard InChI is InChI=1S/C21H24N6O2S/c1-4-26(5-2)16-11-9-15(10-12-16)19-23-24-21(27(19)6-3)30-14-18-22-20(29-25-18)17-8-7-13-28-17/h7-13H,4-6,14H2,1-3H3. The van der Waals surface area contributed by atoms with E-state index in [4.69, 9.17) is 8.94 Å². The predicted molar refractivity (Wildman–Crippen MR) is 116 cm³/mol. The molecule has 30 heavy (non-hydrogen) atoms. The summed E-state index contributed by atoms with van der Waals surface area (Å²) in [5.41, 5.74) is 2.26. The first-order valence-corrected chi connectivity index (χ1v) is 11.0. The molecule has 0 saturated carbocycles. The van der Waals surface area contributed by atoms with E-state index in [0.717, 1.165) is 36.2 Å². The summed E-state index contributed by atoms with van der Waals surface area (Å²) in [6.07, 6.45) is 1.58. The second kappa shape index (κ2) is 9.17. The third kappa shape index (κ3) is 4.11. The molecule has 0 fully saturated rings. The second-order valence-corrected chi connectivity index (χ2v) is 7.49. The first-order valence-electron chi connectivity index (χ1n) is 10.0. The van der Waals surface area contributed by atoms with Crippen LogP contribution < -0.4 is 4.90 Å². The molecule has 0 N–H and O–H groups in total. The number of rotatable bonds is 9. The van der Waals surface area contributed by atoms with Crippen molar-refractivity contribution in [1.29, 1.82) is 0 Å². The van der Waals surface area contributed by atoms with Crippen LogP contribution in [-0.4, -0.2) is 38.0 Å². The smallest absolute Gasteiger partial charge is 0.293 e. The predicted octanol–water partition coefficient (Wildman–Crippen LogP) is 4.75. The molecule has 4 aromatic rings. The topological polar surface area (TPSA) is 86.0 Å². The van der Waals surface area contributed by atoms with Gasteiger partial charge in [-0.25, -0.2) is 0 Å². The Labute approximate surface area is 179 Å². The number of nitrogens with zero attached hydrogens (tertiary/aromatic N) is 6. The van der Waals surface area contributed by atoms with E-state index in [1.54, 1.807) is 18.4 Å². The molecular formula is C21H24N6O2S. The summed E-state index contributed by atoms with van der Waals surface area (Å²) < 4.78 is 12.7. The number of furan rings is 1. The van der Waals surface area contributed by atoms with Gasteiger partial charge in [0.05, 0.1) is 12.0 Å². The number of anilines is 1. The molecule has 0 aliphatic heterocycles. The molecule has 0 amide bonds. The number of hydrogen-bond acceptors (Lipinski definition) is 8. The maximum Gasteiger partial charge on any atom is 0.293 e. The maximum atomic E-state index is 5.29. The van der Waals surface area contributed by atoms with Crippen molar-refractivity contribution < 1.29 is 8.94 Å². The van der Waals surface area contributed by atoms with Gasteiger partial charge in [0.1, 0.15) is 0 Å². The lowest BCUT2D eigenvalue weighted by atomic mass is 10.2. The summed E-state index contributed by atoms with van der Waals surface area (Å²) in [6, 6.07) is 12.1. The van der Waals surface area contributed by atoms with Gasteiger partial charge in [-0.05, 0) is 57.2 Å². The van der Waals surface area contributed by atoms with Gasteiger partial charge in [-0.1, -0.05) is 16.9 Å². The summed E-state index contributed by atoms with van der Waals surface area (Å²) >= 11 is 1.53. The molecule has 3 aromatic heterocycles. The molecule has 0 aliphatic rings. The first-order chi connectivity index (χ1) is 14.7. The molecular weight excluding hydrogens is 400 g/mol. The molecule has 3 heterocycles. The lowest BCUT2D eigenvalue weighted by Crippen LogP contribution is -2.21. The number of aromatic nitrogens is 5. The molecule has 0 radical (unpaired) electrons. The second-order valence-electron chi connectivity index (χ2n) is 6.55. The van der Waals surface area contributed by atoms with Crippen LogP contribution in [0.3, 0.4) is 0 Å². The average Bonchev–Trinajstić information content (AvgIpc) is 3.53. The molecule has 156 valence electrons. The average molecular weight is 425 g/mol. The highest BCUT2D eigenvalue weighted by atomic mass is 32.2. The van der Waals surface area contributed by atoms with Crippen LogP contribution in [0.4, 0.5) is 5.69 Å². The SMILES string of the molecule is CCN(CC)c1ccc(-c2nnc(SCc3noc(-c4ccco4)n3)n2CC)cc1.